The predicted octanol–water partition coefficient (Wildman–Crippen LogP) is 4.66. The third-order valence-corrected chi connectivity index (χ3v) is 8.28. The van der Waals surface area contributed by atoms with E-state index in [4.69, 9.17) is 16.3 Å². The summed E-state index contributed by atoms with van der Waals surface area (Å²) >= 11 is 6.32. The summed E-state index contributed by atoms with van der Waals surface area (Å²) in [5.74, 6) is 0.515. The average Bonchev–Trinajstić information content (AvgIpc) is 3.40. The Morgan fingerprint density at radius 2 is 1.71 bits per heavy atom. The van der Waals surface area contributed by atoms with E-state index in [9.17, 15) is 13.2 Å². The van der Waals surface area contributed by atoms with Crippen molar-refractivity contribution in [3.05, 3.63) is 77.1 Å². The summed E-state index contributed by atoms with van der Waals surface area (Å²) < 4.78 is 34.6. The lowest BCUT2D eigenvalue weighted by Gasteiger charge is -2.30. The Hall–Kier alpha value is -3.01. The highest BCUT2D eigenvalue weighted by Gasteiger charge is 2.26. The number of ether oxygens (including phenoxy) is 1. The fraction of sp³-hybridized carbons (Fsp3) is 0.393. The van der Waals surface area contributed by atoms with E-state index in [-0.39, 0.29) is 18.5 Å². The molecule has 1 aliphatic rings. The number of fused-ring (bicyclic) bond motifs is 1. The van der Waals surface area contributed by atoms with Crippen LogP contribution in [0.1, 0.15) is 36.2 Å². The monoisotopic (exact) mass is 558 g/mol. The number of hydrogen-bond donors (Lipinski definition) is 0. The van der Waals surface area contributed by atoms with Crippen molar-refractivity contribution in [3.8, 4) is 11.4 Å². The van der Waals surface area contributed by atoms with Gasteiger partial charge in [-0.15, -0.1) is 0 Å². The maximum absolute atomic E-state index is 14.0. The normalized spacial score (nSPS) is 15.7. The molecule has 0 saturated carbocycles. The van der Waals surface area contributed by atoms with Crippen molar-refractivity contribution in [2.45, 2.75) is 32.9 Å². The van der Waals surface area contributed by atoms with Crippen LogP contribution in [0.15, 0.2) is 60.9 Å². The van der Waals surface area contributed by atoms with Crippen molar-refractivity contribution in [2.75, 3.05) is 43.8 Å². The van der Waals surface area contributed by atoms with Crippen LogP contribution in [0.3, 0.4) is 0 Å². The Kier molecular flexibility index (Phi) is 8.70. The first-order chi connectivity index (χ1) is 18.1. The summed E-state index contributed by atoms with van der Waals surface area (Å²) in [5, 5.41) is 0.445. The minimum atomic E-state index is -3.57. The van der Waals surface area contributed by atoms with Gasteiger partial charge in [-0.05, 0) is 68.3 Å². The Morgan fingerprint density at radius 3 is 2.37 bits per heavy atom. The van der Waals surface area contributed by atoms with Crippen LogP contribution in [0, 0.1) is 0 Å². The molecule has 0 atom stereocenters. The van der Waals surface area contributed by atoms with Gasteiger partial charge in [0.25, 0.3) is 5.91 Å². The fourth-order valence-electron chi connectivity index (χ4n) is 4.82. The molecule has 0 spiro atoms. The molecule has 8 nitrogen and oxygen atoms in total. The zero-order valence-electron chi connectivity index (χ0n) is 22.3. The van der Waals surface area contributed by atoms with E-state index in [1.165, 1.54) is 10.6 Å². The predicted molar refractivity (Wildman–Crippen MR) is 152 cm³/mol. The van der Waals surface area contributed by atoms with E-state index in [2.05, 4.69) is 18.7 Å². The van der Waals surface area contributed by atoms with Gasteiger partial charge in [-0.25, -0.2) is 8.42 Å². The Balaban J connectivity index is 1.77. The van der Waals surface area contributed by atoms with Crippen molar-refractivity contribution < 1.29 is 17.9 Å². The van der Waals surface area contributed by atoms with Crippen LogP contribution in [-0.2, 0) is 16.6 Å². The molecule has 1 amide bonds. The molecule has 1 aromatic heterocycles. The number of anilines is 1. The molecule has 0 bridgehead atoms. The molecule has 1 aliphatic heterocycles. The highest BCUT2D eigenvalue weighted by atomic mass is 35.5. The molecule has 2 heterocycles. The molecule has 0 aliphatic carbocycles. The number of methoxy groups -OCH3 is 1. The number of aromatic nitrogens is 1. The minimum absolute atomic E-state index is 0.143. The van der Waals surface area contributed by atoms with Crippen molar-refractivity contribution in [2.24, 2.45) is 0 Å². The largest absolute Gasteiger partial charge is 0.495 e. The van der Waals surface area contributed by atoms with Crippen molar-refractivity contribution in [1.82, 2.24) is 14.4 Å². The summed E-state index contributed by atoms with van der Waals surface area (Å²) in [7, 11) is -1.96. The number of halogens is 1. The van der Waals surface area contributed by atoms with Gasteiger partial charge in [-0.2, -0.15) is 0 Å². The highest BCUT2D eigenvalue weighted by Crippen LogP contribution is 2.30. The van der Waals surface area contributed by atoms with Gasteiger partial charge < -0.3 is 14.2 Å². The van der Waals surface area contributed by atoms with Gasteiger partial charge in [-0.1, -0.05) is 17.7 Å². The second-order valence-electron chi connectivity index (χ2n) is 9.80. The molecule has 0 fully saturated rings. The Bertz CT molecular complexity index is 1380. The van der Waals surface area contributed by atoms with Crippen LogP contribution in [0.25, 0.3) is 5.69 Å². The van der Waals surface area contributed by atoms with Crippen molar-refractivity contribution >= 4 is 33.2 Å². The quantitative estimate of drug-likeness (QED) is 0.455. The smallest absolute Gasteiger partial charge is 0.254 e. The summed E-state index contributed by atoms with van der Waals surface area (Å²) in [4.78, 5) is 18.1. The zero-order chi connectivity index (χ0) is 27.4. The lowest BCUT2D eigenvalue weighted by molar-refractivity contribution is 0.0712. The topological polar surface area (TPSA) is 75.1 Å². The summed E-state index contributed by atoms with van der Waals surface area (Å²) in [6.45, 7) is 6.68. The molecule has 4 rings (SSSR count). The second-order valence-corrected chi connectivity index (χ2v) is 12.1. The van der Waals surface area contributed by atoms with E-state index in [0.717, 1.165) is 11.3 Å². The molecule has 0 radical (unpaired) electrons. The van der Waals surface area contributed by atoms with Gasteiger partial charge in [0.05, 0.1) is 24.7 Å². The van der Waals surface area contributed by atoms with Crippen LogP contribution < -0.4 is 9.04 Å². The highest BCUT2D eigenvalue weighted by molar-refractivity contribution is 7.92. The van der Waals surface area contributed by atoms with Crippen LogP contribution in [-0.4, -0.2) is 74.3 Å². The molecular formula is C28H35ClN4O4S. The molecule has 38 heavy (non-hydrogen) atoms. The number of nitrogens with zero attached hydrogens (tertiary/aromatic N) is 4. The van der Waals surface area contributed by atoms with Crippen LogP contribution >= 0.6 is 11.6 Å². The first kappa shape index (κ1) is 28.0. The van der Waals surface area contributed by atoms with Gasteiger partial charge >= 0.3 is 0 Å². The SMILES string of the molecule is COc1ccc(C(=O)N2CCN(C(C)C)CCCN(S(C)(=O)=O)c3cc(Cl)ccc3C2)cc1-n1cccc1. The first-order valence-electron chi connectivity index (χ1n) is 12.7. The van der Waals surface area contributed by atoms with E-state index in [1.807, 2.05) is 41.2 Å². The average molecular weight is 559 g/mol. The summed E-state index contributed by atoms with van der Waals surface area (Å²) in [6, 6.07) is 14.7. The van der Waals surface area contributed by atoms with Gasteiger partial charge in [0.15, 0.2) is 0 Å². The van der Waals surface area contributed by atoms with Gasteiger partial charge in [-0.3, -0.25) is 14.0 Å². The van der Waals surface area contributed by atoms with Crippen molar-refractivity contribution in [1.29, 1.82) is 0 Å². The second kappa shape index (κ2) is 11.8. The molecule has 0 unspecified atom stereocenters. The first-order valence-corrected chi connectivity index (χ1v) is 14.9. The fourth-order valence-corrected chi connectivity index (χ4v) is 5.98. The zero-order valence-corrected chi connectivity index (χ0v) is 23.9. The molecule has 2 aromatic carbocycles. The third-order valence-electron chi connectivity index (χ3n) is 6.87. The van der Waals surface area contributed by atoms with E-state index >= 15 is 0 Å². The van der Waals surface area contributed by atoms with Gasteiger partial charge in [0, 0.05) is 61.7 Å². The number of carbonyl (C=O) groups excluding carboxylic acids is 1. The van der Waals surface area contributed by atoms with E-state index in [0.29, 0.717) is 54.6 Å². The maximum atomic E-state index is 14.0. The lowest BCUT2D eigenvalue weighted by Crippen LogP contribution is -2.41. The van der Waals surface area contributed by atoms with Gasteiger partial charge in [0.1, 0.15) is 5.75 Å². The molecule has 0 N–H and O–H groups in total. The van der Waals surface area contributed by atoms with Gasteiger partial charge in [0.2, 0.25) is 10.0 Å². The Labute approximate surface area is 230 Å². The maximum Gasteiger partial charge on any atom is 0.254 e. The lowest BCUT2D eigenvalue weighted by atomic mass is 10.1. The van der Waals surface area contributed by atoms with Crippen molar-refractivity contribution in [3.63, 3.8) is 0 Å². The number of amides is 1. The summed E-state index contributed by atoms with van der Waals surface area (Å²) in [5.41, 5.74) is 2.53. The molecule has 3 aromatic rings. The number of benzene rings is 2. The number of sulfonamides is 1. The number of rotatable bonds is 5. The summed E-state index contributed by atoms with van der Waals surface area (Å²) in [6.07, 6.45) is 5.67. The number of hydrogen-bond acceptors (Lipinski definition) is 5. The Morgan fingerprint density at radius 1 is 0.974 bits per heavy atom. The van der Waals surface area contributed by atoms with Crippen LogP contribution in [0.4, 0.5) is 5.69 Å². The molecule has 0 saturated heterocycles. The molecular weight excluding hydrogens is 524 g/mol. The standard InChI is InChI=1S/C28H35ClN4O4S/c1-21(2)30-14-7-15-33(38(4,35)36)25-19-24(29)10-8-23(25)20-32(17-16-30)28(34)22-9-11-27(37-3)26(18-22)31-12-5-6-13-31/h5-6,8-13,18-19,21H,7,14-17,20H2,1-4H3. The minimum Gasteiger partial charge on any atom is -0.495 e. The molecule has 204 valence electrons. The van der Waals surface area contributed by atoms with Crippen LogP contribution in [0.2, 0.25) is 5.02 Å². The van der Waals surface area contributed by atoms with E-state index < -0.39 is 10.0 Å². The number of carbonyl (C=O) groups is 1. The van der Waals surface area contributed by atoms with Crippen LogP contribution in [0.5, 0.6) is 5.75 Å². The van der Waals surface area contributed by atoms with E-state index in [1.54, 1.807) is 36.3 Å². The molecule has 10 heteroatoms. The third kappa shape index (κ3) is 6.34.